The van der Waals surface area contributed by atoms with Crippen molar-refractivity contribution in [3.8, 4) is 0 Å². The molecule has 4 rings (SSSR count). The normalized spacial score (nSPS) is 13.9. The number of carbonyl (C=O) groups excluding carboxylic acids is 3. The smallest absolute Gasteiger partial charge is 0.354 e. The zero-order valence-electron chi connectivity index (χ0n) is 20.2. The Balaban J connectivity index is 1.34. The third-order valence-corrected chi connectivity index (χ3v) is 6.04. The van der Waals surface area contributed by atoms with Crippen LogP contribution in [-0.4, -0.2) is 27.6 Å². The number of anilines is 3. The van der Waals surface area contributed by atoms with E-state index >= 15 is 0 Å². The van der Waals surface area contributed by atoms with Gasteiger partial charge in [-0.05, 0) is 49.2 Å². The second kappa shape index (κ2) is 10.6. The molecule has 2 aromatic heterocycles. The summed E-state index contributed by atoms with van der Waals surface area (Å²) in [4.78, 5) is 45.0. The summed E-state index contributed by atoms with van der Waals surface area (Å²) in [5, 5.41) is 7.90. The molecule has 2 heterocycles. The van der Waals surface area contributed by atoms with Gasteiger partial charge in [0.05, 0.1) is 52.7 Å². The lowest BCUT2D eigenvalue weighted by Crippen LogP contribution is -2.33. The molecular formula is C26H23F4N5O3. The van der Waals surface area contributed by atoms with Gasteiger partial charge < -0.3 is 16.0 Å². The van der Waals surface area contributed by atoms with Gasteiger partial charge in [0.25, 0.3) is 0 Å². The van der Waals surface area contributed by atoms with Gasteiger partial charge in [-0.1, -0.05) is 0 Å². The first-order chi connectivity index (χ1) is 17.9. The number of amides is 2. The van der Waals surface area contributed by atoms with Crippen LogP contribution in [0.3, 0.4) is 0 Å². The lowest BCUT2D eigenvalue weighted by atomic mass is 9.95. The third-order valence-electron chi connectivity index (χ3n) is 6.04. The van der Waals surface area contributed by atoms with Gasteiger partial charge in [0.2, 0.25) is 11.8 Å². The van der Waals surface area contributed by atoms with Gasteiger partial charge in [-0.3, -0.25) is 24.4 Å². The Hall–Kier alpha value is -4.35. The number of carbonyl (C=O) groups is 3. The average Bonchev–Trinajstić information content (AvgIpc) is 3.64. The molecule has 0 unspecified atom stereocenters. The minimum absolute atomic E-state index is 0.0144. The Kier molecular flexibility index (Phi) is 7.42. The Morgan fingerprint density at radius 1 is 1.00 bits per heavy atom. The highest BCUT2D eigenvalue weighted by Crippen LogP contribution is 2.49. The van der Waals surface area contributed by atoms with E-state index in [1.54, 1.807) is 0 Å². The molecule has 198 valence electrons. The number of rotatable bonds is 9. The quantitative estimate of drug-likeness (QED) is 0.266. The summed E-state index contributed by atoms with van der Waals surface area (Å²) in [6.45, 7) is 1.39. The molecule has 0 spiro atoms. The lowest BCUT2D eigenvalue weighted by Gasteiger charge is -2.16. The van der Waals surface area contributed by atoms with Gasteiger partial charge in [-0.2, -0.15) is 13.2 Å². The van der Waals surface area contributed by atoms with Crippen LogP contribution in [0.5, 0.6) is 0 Å². The number of nitrogens with zero attached hydrogens (tertiary/aromatic N) is 2. The van der Waals surface area contributed by atoms with E-state index in [0.29, 0.717) is 30.3 Å². The highest BCUT2D eigenvalue weighted by Gasteiger charge is 2.51. The molecule has 1 fully saturated rings. The number of hydrogen-bond donors (Lipinski definition) is 3. The van der Waals surface area contributed by atoms with Gasteiger partial charge in [0, 0.05) is 25.1 Å². The predicted octanol–water partition coefficient (Wildman–Crippen LogP) is 5.01. The van der Waals surface area contributed by atoms with E-state index in [1.165, 1.54) is 43.7 Å². The Morgan fingerprint density at radius 3 is 2.39 bits per heavy atom. The van der Waals surface area contributed by atoms with Crippen molar-refractivity contribution in [2.24, 2.45) is 5.41 Å². The van der Waals surface area contributed by atoms with Crippen molar-refractivity contribution in [1.82, 2.24) is 15.3 Å². The van der Waals surface area contributed by atoms with E-state index in [-0.39, 0.29) is 47.5 Å². The highest BCUT2D eigenvalue weighted by atomic mass is 19.4. The summed E-state index contributed by atoms with van der Waals surface area (Å²) in [5.74, 6) is -1.88. The number of benzene rings is 1. The zero-order valence-corrected chi connectivity index (χ0v) is 20.2. The molecule has 0 atom stereocenters. The molecule has 1 aliphatic carbocycles. The number of pyridine rings is 2. The van der Waals surface area contributed by atoms with Crippen LogP contribution in [0.15, 0.2) is 55.0 Å². The predicted molar refractivity (Wildman–Crippen MR) is 130 cm³/mol. The molecule has 0 saturated heterocycles. The molecular weight excluding hydrogens is 506 g/mol. The Labute approximate surface area is 214 Å². The van der Waals surface area contributed by atoms with Crippen LogP contribution in [0.25, 0.3) is 0 Å². The van der Waals surface area contributed by atoms with Crippen LogP contribution in [0.1, 0.15) is 47.8 Å². The van der Waals surface area contributed by atoms with Crippen LogP contribution in [-0.2, 0) is 22.3 Å². The molecule has 2 amide bonds. The maximum Gasteiger partial charge on any atom is 0.418 e. The number of halogens is 4. The lowest BCUT2D eigenvalue weighted by molar-refractivity contribution is -0.137. The molecule has 3 N–H and O–H groups in total. The summed E-state index contributed by atoms with van der Waals surface area (Å²) in [7, 11) is 0. The number of ketones is 1. The second-order valence-electron chi connectivity index (χ2n) is 9.06. The van der Waals surface area contributed by atoms with Crippen molar-refractivity contribution in [2.45, 2.75) is 38.9 Å². The van der Waals surface area contributed by atoms with E-state index < -0.39 is 23.0 Å². The van der Waals surface area contributed by atoms with Gasteiger partial charge in [-0.15, -0.1) is 0 Å². The molecule has 0 bridgehead atoms. The minimum Gasteiger partial charge on any atom is -0.354 e. The zero-order chi connectivity index (χ0) is 27.5. The third kappa shape index (κ3) is 6.50. The van der Waals surface area contributed by atoms with Crippen LogP contribution in [0, 0.1) is 11.2 Å². The fourth-order valence-corrected chi connectivity index (χ4v) is 3.89. The molecule has 1 aliphatic rings. The topological polar surface area (TPSA) is 113 Å². The van der Waals surface area contributed by atoms with Gasteiger partial charge in [0.1, 0.15) is 5.82 Å². The van der Waals surface area contributed by atoms with E-state index in [4.69, 9.17) is 0 Å². The second-order valence-corrected chi connectivity index (χ2v) is 9.06. The van der Waals surface area contributed by atoms with Gasteiger partial charge in [0.15, 0.2) is 5.78 Å². The van der Waals surface area contributed by atoms with Crippen molar-refractivity contribution >= 4 is 34.7 Å². The molecule has 3 aromatic rings. The number of aromatic nitrogens is 2. The molecule has 8 nitrogen and oxygen atoms in total. The standard InChI is InChI=1S/C26H23F4N5O3/c1-15(36)34-20-8-16(11-31-12-20)23(37)10-25(6-7-25)24(38)33-13-18-3-4-19(14-32-18)35-22-5-2-17(27)9-21(22)26(28,29)30/h2-5,8-9,11-12,14,35H,6-7,10,13H2,1H3,(H,33,38)(H,34,36). The van der Waals surface area contributed by atoms with E-state index in [1.807, 2.05) is 0 Å². The molecule has 38 heavy (non-hydrogen) atoms. The van der Waals surface area contributed by atoms with E-state index in [0.717, 1.165) is 12.1 Å². The monoisotopic (exact) mass is 529 g/mol. The van der Waals surface area contributed by atoms with Gasteiger partial charge >= 0.3 is 6.18 Å². The summed E-state index contributed by atoms with van der Waals surface area (Å²) < 4.78 is 52.9. The summed E-state index contributed by atoms with van der Waals surface area (Å²) in [6, 6.07) is 6.85. The maximum atomic E-state index is 13.3. The first kappa shape index (κ1) is 26.7. The summed E-state index contributed by atoms with van der Waals surface area (Å²) >= 11 is 0. The molecule has 12 heteroatoms. The number of hydrogen-bond acceptors (Lipinski definition) is 6. The fraction of sp³-hybridized carbons (Fsp3) is 0.269. The average molecular weight is 529 g/mol. The van der Waals surface area contributed by atoms with Crippen LogP contribution in [0.4, 0.5) is 34.6 Å². The first-order valence-electron chi connectivity index (χ1n) is 11.6. The SMILES string of the molecule is CC(=O)Nc1cncc(C(=O)CC2(C(=O)NCc3ccc(Nc4ccc(F)cc4C(F)(F)F)cn3)CC2)c1. The van der Waals surface area contributed by atoms with Crippen molar-refractivity contribution < 1.29 is 31.9 Å². The number of Topliss-reactive ketones (excluding diaryl/α,β-unsaturated/α-hetero) is 1. The fourth-order valence-electron chi connectivity index (χ4n) is 3.89. The minimum atomic E-state index is -4.74. The van der Waals surface area contributed by atoms with Gasteiger partial charge in [-0.25, -0.2) is 4.39 Å². The van der Waals surface area contributed by atoms with Crippen molar-refractivity contribution in [3.63, 3.8) is 0 Å². The molecule has 0 aliphatic heterocycles. The molecule has 1 saturated carbocycles. The van der Waals surface area contributed by atoms with Crippen LogP contribution < -0.4 is 16.0 Å². The number of nitrogens with one attached hydrogen (secondary N) is 3. The summed E-state index contributed by atoms with van der Waals surface area (Å²) in [5.41, 5.74) is -0.926. The van der Waals surface area contributed by atoms with Crippen LogP contribution >= 0.6 is 0 Å². The highest BCUT2D eigenvalue weighted by molar-refractivity contribution is 6.01. The van der Waals surface area contributed by atoms with E-state index in [2.05, 4.69) is 25.9 Å². The Morgan fingerprint density at radius 2 is 1.76 bits per heavy atom. The summed E-state index contributed by atoms with van der Waals surface area (Å²) in [6.07, 6.45) is 0.423. The van der Waals surface area contributed by atoms with Crippen molar-refractivity contribution in [3.05, 3.63) is 77.6 Å². The van der Waals surface area contributed by atoms with E-state index in [9.17, 15) is 31.9 Å². The molecule has 0 radical (unpaired) electrons. The Bertz CT molecular complexity index is 1370. The van der Waals surface area contributed by atoms with Crippen molar-refractivity contribution in [1.29, 1.82) is 0 Å². The number of alkyl halides is 3. The maximum absolute atomic E-state index is 13.3. The first-order valence-corrected chi connectivity index (χ1v) is 11.6. The largest absolute Gasteiger partial charge is 0.418 e. The molecule has 1 aromatic carbocycles. The van der Waals surface area contributed by atoms with Crippen LogP contribution in [0.2, 0.25) is 0 Å². The van der Waals surface area contributed by atoms with Crippen molar-refractivity contribution in [2.75, 3.05) is 10.6 Å².